The van der Waals surface area contributed by atoms with Gasteiger partial charge in [-0.05, 0) is 11.6 Å². The Morgan fingerprint density at radius 3 is 2.35 bits per heavy atom. The van der Waals surface area contributed by atoms with Crippen LogP contribution >= 0.6 is 31.9 Å². The van der Waals surface area contributed by atoms with Gasteiger partial charge in [0.2, 0.25) is 0 Å². The van der Waals surface area contributed by atoms with E-state index >= 15 is 0 Å². The summed E-state index contributed by atoms with van der Waals surface area (Å²) in [6.07, 6.45) is -4.16. The smallest absolute Gasteiger partial charge is 0.290 e. The SMILES string of the molecule is FC(F)(F)CN(CCBr)Cc1ccccc1Br. The average Bonchev–Trinajstić information content (AvgIpc) is 2.19. The number of rotatable bonds is 5. The highest BCUT2D eigenvalue weighted by atomic mass is 79.9. The normalized spacial score (nSPS) is 12.1. The summed E-state index contributed by atoms with van der Waals surface area (Å²) in [6, 6.07) is 7.31. The molecule has 0 heterocycles. The zero-order valence-corrected chi connectivity index (χ0v) is 12.1. The molecule has 96 valence electrons. The Hall–Kier alpha value is -0.0700. The zero-order chi connectivity index (χ0) is 12.9. The molecule has 0 bridgehead atoms. The first-order valence-corrected chi connectivity index (χ1v) is 6.92. The molecule has 1 aromatic carbocycles. The topological polar surface area (TPSA) is 3.24 Å². The largest absolute Gasteiger partial charge is 0.401 e. The molecule has 6 heteroatoms. The van der Waals surface area contributed by atoms with Gasteiger partial charge in [0.05, 0.1) is 6.54 Å². The second-order valence-electron chi connectivity index (χ2n) is 3.61. The predicted octanol–water partition coefficient (Wildman–Crippen LogP) is 4.21. The summed E-state index contributed by atoms with van der Waals surface area (Å²) in [7, 11) is 0. The molecule has 0 aliphatic rings. The van der Waals surface area contributed by atoms with Gasteiger partial charge in [-0.25, -0.2) is 0 Å². The van der Waals surface area contributed by atoms with Crippen LogP contribution in [0.4, 0.5) is 13.2 Å². The highest BCUT2D eigenvalue weighted by Crippen LogP contribution is 2.21. The molecule has 0 atom stereocenters. The standard InChI is InChI=1S/C11H12Br2F3N/c12-5-6-17(8-11(14,15)16)7-9-3-1-2-4-10(9)13/h1-4H,5-8H2. The molecule has 0 radical (unpaired) electrons. The van der Waals surface area contributed by atoms with Crippen molar-refractivity contribution in [3.8, 4) is 0 Å². The van der Waals surface area contributed by atoms with Crippen LogP contribution in [0.5, 0.6) is 0 Å². The van der Waals surface area contributed by atoms with E-state index in [2.05, 4.69) is 31.9 Å². The van der Waals surface area contributed by atoms with Gasteiger partial charge < -0.3 is 0 Å². The quantitative estimate of drug-likeness (QED) is 0.698. The Balaban J connectivity index is 2.70. The fraction of sp³-hybridized carbons (Fsp3) is 0.455. The van der Waals surface area contributed by atoms with Crippen molar-refractivity contribution in [3.05, 3.63) is 34.3 Å². The molecule has 0 unspecified atom stereocenters. The third-order valence-electron chi connectivity index (χ3n) is 2.16. The van der Waals surface area contributed by atoms with E-state index in [1.165, 1.54) is 4.90 Å². The van der Waals surface area contributed by atoms with Crippen LogP contribution in [0.3, 0.4) is 0 Å². The van der Waals surface area contributed by atoms with Crippen LogP contribution in [0.1, 0.15) is 5.56 Å². The summed E-state index contributed by atoms with van der Waals surface area (Å²) >= 11 is 6.50. The van der Waals surface area contributed by atoms with Gasteiger partial charge in [-0.1, -0.05) is 50.1 Å². The maximum absolute atomic E-state index is 12.4. The summed E-state index contributed by atoms with van der Waals surface area (Å²) < 4.78 is 37.9. The van der Waals surface area contributed by atoms with Gasteiger partial charge >= 0.3 is 6.18 Å². The van der Waals surface area contributed by atoms with Crippen LogP contribution in [0.2, 0.25) is 0 Å². The highest BCUT2D eigenvalue weighted by Gasteiger charge is 2.30. The number of hydrogen-bond acceptors (Lipinski definition) is 1. The lowest BCUT2D eigenvalue weighted by Crippen LogP contribution is -2.35. The molecule has 1 aromatic rings. The Bertz CT molecular complexity index is 355. The molecule has 0 spiro atoms. The molecular weight excluding hydrogens is 363 g/mol. The predicted molar refractivity (Wildman–Crippen MR) is 69.3 cm³/mol. The molecule has 0 aromatic heterocycles. The second kappa shape index (κ2) is 6.75. The Morgan fingerprint density at radius 2 is 1.82 bits per heavy atom. The van der Waals surface area contributed by atoms with Crippen molar-refractivity contribution >= 4 is 31.9 Å². The fourth-order valence-corrected chi connectivity index (χ4v) is 2.37. The van der Waals surface area contributed by atoms with Crippen LogP contribution in [0.15, 0.2) is 28.7 Å². The summed E-state index contributed by atoms with van der Waals surface area (Å²) in [5, 5.41) is 0.521. The van der Waals surface area contributed by atoms with E-state index in [0.29, 0.717) is 11.9 Å². The minimum absolute atomic E-state index is 0.284. The zero-order valence-electron chi connectivity index (χ0n) is 8.97. The third-order valence-corrected chi connectivity index (χ3v) is 3.28. The first-order chi connectivity index (χ1) is 7.92. The third kappa shape index (κ3) is 5.88. The molecule has 0 aliphatic carbocycles. The molecule has 1 rings (SSSR count). The van der Waals surface area contributed by atoms with Gasteiger partial charge in [0, 0.05) is 22.9 Å². The number of hydrogen-bond donors (Lipinski definition) is 0. The van der Waals surface area contributed by atoms with Crippen molar-refractivity contribution in [1.29, 1.82) is 0 Å². The molecule has 0 fully saturated rings. The minimum atomic E-state index is -4.16. The van der Waals surface area contributed by atoms with Gasteiger partial charge in [-0.2, -0.15) is 13.2 Å². The second-order valence-corrected chi connectivity index (χ2v) is 5.25. The lowest BCUT2D eigenvalue weighted by molar-refractivity contribution is -0.146. The van der Waals surface area contributed by atoms with E-state index in [4.69, 9.17) is 0 Å². The number of nitrogens with zero attached hydrogens (tertiary/aromatic N) is 1. The van der Waals surface area contributed by atoms with Crippen molar-refractivity contribution in [3.63, 3.8) is 0 Å². The Kier molecular flexibility index (Phi) is 5.95. The summed E-state index contributed by atoms with van der Waals surface area (Å²) in [4.78, 5) is 1.37. The van der Waals surface area contributed by atoms with E-state index < -0.39 is 12.7 Å². The van der Waals surface area contributed by atoms with Crippen LogP contribution in [-0.4, -0.2) is 29.5 Å². The molecule has 0 saturated heterocycles. The maximum Gasteiger partial charge on any atom is 0.401 e. The minimum Gasteiger partial charge on any atom is -0.290 e. The van der Waals surface area contributed by atoms with Gasteiger partial charge in [0.25, 0.3) is 0 Å². The van der Waals surface area contributed by atoms with Gasteiger partial charge in [-0.3, -0.25) is 4.90 Å². The van der Waals surface area contributed by atoms with E-state index in [-0.39, 0.29) is 6.54 Å². The van der Waals surface area contributed by atoms with Crippen molar-refractivity contribution in [2.24, 2.45) is 0 Å². The van der Waals surface area contributed by atoms with Crippen LogP contribution in [0, 0.1) is 0 Å². The molecule has 17 heavy (non-hydrogen) atoms. The fourth-order valence-electron chi connectivity index (χ4n) is 1.45. The molecule has 0 aliphatic heterocycles. The maximum atomic E-state index is 12.4. The van der Waals surface area contributed by atoms with E-state index in [1.54, 1.807) is 0 Å². The monoisotopic (exact) mass is 373 g/mol. The van der Waals surface area contributed by atoms with Gasteiger partial charge in [0.1, 0.15) is 0 Å². The Labute approximate surface area is 115 Å². The van der Waals surface area contributed by atoms with Crippen molar-refractivity contribution < 1.29 is 13.2 Å². The first kappa shape index (κ1) is 15.0. The van der Waals surface area contributed by atoms with Gasteiger partial charge in [0.15, 0.2) is 0 Å². The average molecular weight is 375 g/mol. The van der Waals surface area contributed by atoms with Crippen LogP contribution in [-0.2, 0) is 6.54 Å². The molecule has 0 saturated carbocycles. The Morgan fingerprint density at radius 1 is 1.18 bits per heavy atom. The van der Waals surface area contributed by atoms with Crippen LogP contribution < -0.4 is 0 Å². The lowest BCUT2D eigenvalue weighted by atomic mass is 10.2. The first-order valence-electron chi connectivity index (χ1n) is 5.01. The number of benzene rings is 1. The van der Waals surface area contributed by atoms with Crippen molar-refractivity contribution in [1.82, 2.24) is 4.90 Å². The summed E-state index contributed by atoms with van der Waals surface area (Å²) in [5.74, 6) is 0. The van der Waals surface area contributed by atoms with E-state index in [1.807, 2.05) is 24.3 Å². The number of halogens is 5. The van der Waals surface area contributed by atoms with Crippen LogP contribution in [0.25, 0.3) is 0 Å². The summed E-state index contributed by atoms with van der Waals surface area (Å²) in [5.41, 5.74) is 0.859. The van der Waals surface area contributed by atoms with Crippen molar-refractivity contribution in [2.45, 2.75) is 12.7 Å². The number of alkyl halides is 4. The molecular formula is C11H12Br2F3N. The highest BCUT2D eigenvalue weighted by molar-refractivity contribution is 9.10. The summed E-state index contributed by atoms with van der Waals surface area (Å²) in [6.45, 7) is -0.243. The van der Waals surface area contributed by atoms with E-state index in [0.717, 1.165) is 10.0 Å². The van der Waals surface area contributed by atoms with Gasteiger partial charge in [-0.15, -0.1) is 0 Å². The van der Waals surface area contributed by atoms with E-state index in [9.17, 15) is 13.2 Å². The van der Waals surface area contributed by atoms with Crippen molar-refractivity contribution in [2.75, 3.05) is 18.4 Å². The molecule has 1 nitrogen and oxygen atoms in total. The molecule has 0 N–H and O–H groups in total. The molecule has 0 amide bonds. The lowest BCUT2D eigenvalue weighted by Gasteiger charge is -2.23.